The van der Waals surface area contributed by atoms with E-state index < -0.39 is 22.4 Å². The molecule has 0 saturated heterocycles. The second-order valence-electron chi connectivity index (χ2n) is 7.37. The Kier molecular flexibility index (Phi) is 5.73. The Hall–Kier alpha value is -2.90. The van der Waals surface area contributed by atoms with Crippen molar-refractivity contribution in [2.24, 2.45) is 0 Å². The van der Waals surface area contributed by atoms with Crippen molar-refractivity contribution < 1.29 is 17.6 Å². The van der Waals surface area contributed by atoms with Gasteiger partial charge in [-0.1, -0.05) is 48.0 Å². The molecule has 1 atom stereocenters. The lowest BCUT2D eigenvalue weighted by Gasteiger charge is -2.29. The van der Waals surface area contributed by atoms with Crippen molar-refractivity contribution in [3.05, 3.63) is 89.2 Å². The second-order valence-corrected chi connectivity index (χ2v) is 9.64. The lowest BCUT2D eigenvalue weighted by molar-refractivity contribution is -0.117. The maximum atomic E-state index is 13.7. The van der Waals surface area contributed by atoms with E-state index >= 15 is 0 Å². The fraction of sp³-hybridized carbons (Fsp3) is 0.174. The van der Waals surface area contributed by atoms with Crippen LogP contribution in [0.4, 0.5) is 15.8 Å². The van der Waals surface area contributed by atoms with Crippen molar-refractivity contribution in [2.75, 3.05) is 15.7 Å². The Morgan fingerprint density at radius 2 is 1.77 bits per heavy atom. The lowest BCUT2D eigenvalue weighted by atomic mass is 10.1. The summed E-state index contributed by atoms with van der Waals surface area (Å²) >= 11 is 5.92. The molecule has 0 aromatic heterocycles. The highest BCUT2D eigenvalue weighted by Gasteiger charge is 2.34. The molecular weight excluding hydrogens is 439 g/mol. The third-order valence-electron chi connectivity index (χ3n) is 5.28. The van der Waals surface area contributed by atoms with Gasteiger partial charge >= 0.3 is 0 Å². The standard InChI is InChI=1S/C23H20ClFN2O3S/c1-16-13-17-7-5-6-10-22(17)27(16)23(28)15-26(18-11-12-21(25)20(24)14-18)31(29,30)19-8-3-2-4-9-19/h2-12,14,16H,13,15H2,1H3. The number of sulfonamides is 1. The van der Waals surface area contributed by atoms with E-state index in [9.17, 15) is 17.6 Å². The van der Waals surface area contributed by atoms with Crippen molar-refractivity contribution in [3.63, 3.8) is 0 Å². The van der Waals surface area contributed by atoms with Gasteiger partial charge in [0, 0.05) is 11.7 Å². The molecule has 1 aliphatic rings. The van der Waals surface area contributed by atoms with Crippen LogP contribution in [0.5, 0.6) is 0 Å². The topological polar surface area (TPSA) is 57.7 Å². The van der Waals surface area contributed by atoms with Gasteiger partial charge in [-0.3, -0.25) is 9.10 Å². The van der Waals surface area contributed by atoms with Crippen molar-refractivity contribution in [2.45, 2.75) is 24.3 Å². The predicted octanol–water partition coefficient (Wildman–Crippen LogP) is 4.65. The molecule has 160 valence electrons. The van der Waals surface area contributed by atoms with Gasteiger partial charge in [0.05, 0.1) is 15.6 Å². The maximum Gasteiger partial charge on any atom is 0.264 e. The average molecular weight is 459 g/mol. The summed E-state index contributed by atoms with van der Waals surface area (Å²) in [7, 11) is -4.10. The molecule has 0 radical (unpaired) electrons. The molecule has 1 heterocycles. The van der Waals surface area contributed by atoms with Gasteiger partial charge in [0.15, 0.2) is 0 Å². The first-order valence-corrected chi connectivity index (χ1v) is 11.5. The molecule has 0 aliphatic carbocycles. The SMILES string of the molecule is CC1Cc2ccccc2N1C(=O)CN(c1ccc(F)c(Cl)c1)S(=O)(=O)c1ccccc1. The minimum Gasteiger partial charge on any atom is -0.307 e. The van der Waals surface area contributed by atoms with E-state index in [1.807, 2.05) is 31.2 Å². The summed E-state index contributed by atoms with van der Waals surface area (Å²) in [5, 5.41) is -0.224. The molecule has 0 N–H and O–H groups in total. The van der Waals surface area contributed by atoms with E-state index in [1.54, 1.807) is 23.1 Å². The van der Waals surface area contributed by atoms with Gasteiger partial charge in [0.1, 0.15) is 12.4 Å². The molecule has 31 heavy (non-hydrogen) atoms. The number of anilines is 2. The largest absolute Gasteiger partial charge is 0.307 e. The molecular formula is C23H20ClFN2O3S. The van der Waals surface area contributed by atoms with Crippen LogP contribution in [-0.4, -0.2) is 26.9 Å². The molecule has 0 spiro atoms. The van der Waals surface area contributed by atoms with Crippen LogP contribution in [0.1, 0.15) is 12.5 Å². The number of para-hydroxylation sites is 1. The van der Waals surface area contributed by atoms with Gasteiger partial charge < -0.3 is 4.90 Å². The molecule has 3 aromatic carbocycles. The summed E-state index contributed by atoms with van der Waals surface area (Å²) in [4.78, 5) is 15.0. The quantitative estimate of drug-likeness (QED) is 0.559. The molecule has 3 aromatic rings. The Balaban J connectivity index is 1.75. The zero-order chi connectivity index (χ0) is 22.2. The van der Waals surface area contributed by atoms with E-state index in [4.69, 9.17) is 11.6 Å². The zero-order valence-electron chi connectivity index (χ0n) is 16.7. The Morgan fingerprint density at radius 3 is 2.48 bits per heavy atom. The molecule has 1 aliphatic heterocycles. The monoisotopic (exact) mass is 458 g/mol. The van der Waals surface area contributed by atoms with Gasteiger partial charge in [-0.05, 0) is 55.3 Å². The predicted molar refractivity (Wildman–Crippen MR) is 119 cm³/mol. The van der Waals surface area contributed by atoms with Gasteiger partial charge in [0.25, 0.3) is 10.0 Å². The van der Waals surface area contributed by atoms with Crippen molar-refractivity contribution in [3.8, 4) is 0 Å². The van der Waals surface area contributed by atoms with Gasteiger partial charge in [-0.2, -0.15) is 0 Å². The van der Waals surface area contributed by atoms with E-state index in [1.165, 1.54) is 24.3 Å². The highest BCUT2D eigenvalue weighted by molar-refractivity contribution is 7.92. The van der Waals surface area contributed by atoms with E-state index in [0.717, 1.165) is 21.6 Å². The number of nitrogens with zero attached hydrogens (tertiary/aromatic N) is 2. The van der Waals surface area contributed by atoms with Crippen molar-refractivity contribution in [1.82, 2.24) is 0 Å². The summed E-state index contributed by atoms with van der Waals surface area (Å²) < 4.78 is 41.6. The molecule has 5 nitrogen and oxygen atoms in total. The fourth-order valence-corrected chi connectivity index (χ4v) is 5.42. The summed E-state index contributed by atoms with van der Waals surface area (Å²) in [6.45, 7) is 1.47. The van der Waals surface area contributed by atoms with E-state index in [2.05, 4.69) is 0 Å². The number of rotatable bonds is 5. The van der Waals surface area contributed by atoms with Crippen LogP contribution in [0.25, 0.3) is 0 Å². The van der Waals surface area contributed by atoms with Crippen LogP contribution in [0.15, 0.2) is 77.7 Å². The van der Waals surface area contributed by atoms with E-state index in [-0.39, 0.29) is 27.6 Å². The van der Waals surface area contributed by atoms with Crippen LogP contribution in [0.3, 0.4) is 0 Å². The molecule has 0 bridgehead atoms. The average Bonchev–Trinajstić information content (AvgIpc) is 3.10. The van der Waals surface area contributed by atoms with Crippen LogP contribution in [0, 0.1) is 5.82 Å². The Labute approximate surface area is 185 Å². The normalized spacial score (nSPS) is 15.6. The molecule has 4 rings (SSSR count). The number of fused-ring (bicyclic) bond motifs is 1. The smallest absolute Gasteiger partial charge is 0.264 e. The number of hydrogen-bond acceptors (Lipinski definition) is 3. The number of carbonyl (C=O) groups excluding carboxylic acids is 1. The van der Waals surface area contributed by atoms with E-state index in [0.29, 0.717) is 6.42 Å². The minimum absolute atomic E-state index is 0.0260. The lowest BCUT2D eigenvalue weighted by Crippen LogP contribution is -2.45. The molecule has 1 unspecified atom stereocenters. The molecule has 0 fully saturated rings. The summed E-state index contributed by atoms with van der Waals surface area (Å²) in [6.07, 6.45) is 0.690. The van der Waals surface area contributed by atoms with Crippen LogP contribution < -0.4 is 9.21 Å². The van der Waals surface area contributed by atoms with Gasteiger partial charge in [0.2, 0.25) is 5.91 Å². The van der Waals surface area contributed by atoms with Crippen molar-refractivity contribution in [1.29, 1.82) is 0 Å². The van der Waals surface area contributed by atoms with Crippen LogP contribution in [0.2, 0.25) is 5.02 Å². The summed E-state index contributed by atoms with van der Waals surface area (Å²) in [5.41, 5.74) is 1.92. The highest BCUT2D eigenvalue weighted by atomic mass is 35.5. The second kappa shape index (κ2) is 8.32. The molecule has 8 heteroatoms. The number of benzene rings is 3. The first kappa shape index (κ1) is 21.3. The fourth-order valence-electron chi connectivity index (χ4n) is 3.82. The molecule has 0 saturated carbocycles. The highest BCUT2D eigenvalue weighted by Crippen LogP contribution is 2.33. The van der Waals surface area contributed by atoms with Gasteiger partial charge in [-0.25, -0.2) is 12.8 Å². The first-order chi connectivity index (χ1) is 14.8. The van der Waals surface area contributed by atoms with Gasteiger partial charge in [-0.15, -0.1) is 0 Å². The Bertz CT molecular complexity index is 1230. The number of carbonyl (C=O) groups is 1. The van der Waals surface area contributed by atoms with Crippen LogP contribution in [-0.2, 0) is 21.2 Å². The van der Waals surface area contributed by atoms with Crippen molar-refractivity contribution >= 4 is 38.9 Å². The summed E-state index contributed by atoms with van der Waals surface area (Å²) in [6, 6.07) is 18.9. The number of halogens is 2. The number of hydrogen-bond donors (Lipinski definition) is 0. The number of amides is 1. The maximum absolute atomic E-state index is 13.7. The zero-order valence-corrected chi connectivity index (χ0v) is 18.3. The summed E-state index contributed by atoms with van der Waals surface area (Å²) in [5.74, 6) is -1.05. The molecule has 1 amide bonds. The first-order valence-electron chi connectivity index (χ1n) is 9.72. The Morgan fingerprint density at radius 1 is 1.10 bits per heavy atom. The minimum atomic E-state index is -4.10. The van der Waals surface area contributed by atoms with Crippen LogP contribution >= 0.6 is 11.6 Å². The third-order valence-corrected chi connectivity index (χ3v) is 7.35. The third kappa shape index (κ3) is 4.03.